The first-order valence-corrected chi connectivity index (χ1v) is 5.74. The minimum absolute atomic E-state index is 0.0332. The minimum atomic E-state index is -4.46. The van der Waals surface area contributed by atoms with Crippen LogP contribution >= 0.6 is 0 Å². The van der Waals surface area contributed by atoms with Crippen molar-refractivity contribution in [1.29, 1.82) is 0 Å². The van der Waals surface area contributed by atoms with Crippen LogP contribution in [0.15, 0.2) is 18.2 Å². The van der Waals surface area contributed by atoms with E-state index in [1.807, 2.05) is 13.8 Å². The van der Waals surface area contributed by atoms with Crippen molar-refractivity contribution in [1.82, 2.24) is 0 Å². The quantitative estimate of drug-likeness (QED) is 0.767. The number of rotatable bonds is 4. The molecule has 18 heavy (non-hydrogen) atoms. The van der Waals surface area contributed by atoms with Gasteiger partial charge >= 0.3 is 6.18 Å². The lowest BCUT2D eigenvalue weighted by Crippen LogP contribution is -2.32. The van der Waals surface area contributed by atoms with Crippen molar-refractivity contribution in [2.45, 2.75) is 33.0 Å². The van der Waals surface area contributed by atoms with Crippen molar-refractivity contribution in [2.24, 2.45) is 0 Å². The minimum Gasteiger partial charge on any atom is -0.369 e. The van der Waals surface area contributed by atoms with Crippen LogP contribution in [0.1, 0.15) is 36.7 Å². The predicted molar refractivity (Wildman–Crippen MR) is 65.0 cm³/mol. The van der Waals surface area contributed by atoms with Gasteiger partial charge in [-0.15, -0.1) is 0 Å². The second kappa shape index (κ2) is 5.42. The van der Waals surface area contributed by atoms with Gasteiger partial charge < -0.3 is 4.90 Å². The largest absolute Gasteiger partial charge is 0.418 e. The van der Waals surface area contributed by atoms with E-state index in [-0.39, 0.29) is 17.3 Å². The van der Waals surface area contributed by atoms with Gasteiger partial charge in [0.1, 0.15) is 6.29 Å². The number of carbonyl (C=O) groups is 1. The molecule has 0 aliphatic carbocycles. The lowest BCUT2D eigenvalue weighted by molar-refractivity contribution is -0.137. The Balaban J connectivity index is 3.38. The fraction of sp³-hybridized carbons (Fsp3) is 0.462. The van der Waals surface area contributed by atoms with Crippen LogP contribution in [0.25, 0.3) is 0 Å². The maximum Gasteiger partial charge on any atom is 0.418 e. The number of anilines is 1. The second-order valence-electron chi connectivity index (χ2n) is 4.27. The summed E-state index contributed by atoms with van der Waals surface area (Å²) in [6.45, 7) is 5.93. The number of halogens is 3. The maximum atomic E-state index is 13.0. The molecule has 0 bridgehead atoms. The van der Waals surface area contributed by atoms with Crippen molar-refractivity contribution in [2.75, 3.05) is 11.4 Å². The topological polar surface area (TPSA) is 20.3 Å². The summed E-state index contributed by atoms with van der Waals surface area (Å²) in [7, 11) is 0. The fourth-order valence-electron chi connectivity index (χ4n) is 1.92. The van der Waals surface area contributed by atoms with Gasteiger partial charge in [0.15, 0.2) is 0 Å². The first-order chi connectivity index (χ1) is 8.31. The van der Waals surface area contributed by atoms with Gasteiger partial charge in [-0.1, -0.05) is 0 Å². The number of benzene rings is 1. The molecular weight excluding hydrogens is 243 g/mol. The Morgan fingerprint density at radius 2 is 1.94 bits per heavy atom. The molecule has 0 aliphatic heterocycles. The van der Waals surface area contributed by atoms with E-state index in [4.69, 9.17) is 0 Å². The zero-order valence-electron chi connectivity index (χ0n) is 10.6. The van der Waals surface area contributed by atoms with Gasteiger partial charge in [0, 0.05) is 23.8 Å². The molecule has 0 fully saturated rings. The fourth-order valence-corrected chi connectivity index (χ4v) is 1.92. The van der Waals surface area contributed by atoms with E-state index in [1.54, 1.807) is 11.8 Å². The third-order valence-electron chi connectivity index (χ3n) is 2.74. The molecule has 5 heteroatoms. The van der Waals surface area contributed by atoms with Gasteiger partial charge in [-0.05, 0) is 39.0 Å². The lowest BCUT2D eigenvalue weighted by Gasteiger charge is -2.30. The molecule has 0 radical (unpaired) electrons. The van der Waals surface area contributed by atoms with Gasteiger partial charge in [0.2, 0.25) is 0 Å². The van der Waals surface area contributed by atoms with Crippen LogP contribution in [-0.4, -0.2) is 18.9 Å². The van der Waals surface area contributed by atoms with E-state index >= 15 is 0 Å². The summed E-state index contributed by atoms with van der Waals surface area (Å²) in [4.78, 5) is 12.2. The lowest BCUT2D eigenvalue weighted by atomic mass is 10.1. The monoisotopic (exact) mass is 259 g/mol. The first kappa shape index (κ1) is 14.5. The summed E-state index contributed by atoms with van der Waals surface area (Å²) in [6, 6.07) is 3.62. The summed E-state index contributed by atoms with van der Waals surface area (Å²) in [6.07, 6.45) is -4.04. The molecule has 0 N–H and O–H groups in total. The molecule has 0 atom stereocenters. The molecule has 2 nitrogen and oxygen atoms in total. The highest BCUT2D eigenvalue weighted by molar-refractivity contribution is 5.77. The molecule has 100 valence electrons. The van der Waals surface area contributed by atoms with Crippen LogP contribution in [0.3, 0.4) is 0 Å². The number of nitrogens with zero attached hydrogens (tertiary/aromatic N) is 1. The van der Waals surface area contributed by atoms with E-state index in [0.29, 0.717) is 12.8 Å². The Morgan fingerprint density at radius 1 is 1.33 bits per heavy atom. The average molecular weight is 259 g/mol. The van der Waals surface area contributed by atoms with E-state index in [0.717, 1.165) is 6.07 Å². The van der Waals surface area contributed by atoms with Crippen LogP contribution < -0.4 is 4.90 Å². The summed E-state index contributed by atoms with van der Waals surface area (Å²) in [5.74, 6) is 0. The van der Waals surface area contributed by atoms with Crippen LogP contribution in [0.4, 0.5) is 18.9 Å². The van der Waals surface area contributed by atoms with Crippen LogP contribution in [0.2, 0.25) is 0 Å². The van der Waals surface area contributed by atoms with Crippen LogP contribution in [0, 0.1) is 0 Å². The standard InChI is InChI=1S/C13H16F3NO/c1-4-17(9(2)3)12-6-5-10(8-18)7-11(12)13(14,15)16/h5-9H,4H2,1-3H3. The van der Waals surface area contributed by atoms with E-state index in [2.05, 4.69) is 0 Å². The first-order valence-electron chi connectivity index (χ1n) is 5.74. The third kappa shape index (κ3) is 3.03. The Labute approximate surface area is 104 Å². The highest BCUT2D eigenvalue weighted by atomic mass is 19.4. The summed E-state index contributed by atoms with van der Waals surface area (Å²) < 4.78 is 38.9. The molecule has 1 rings (SSSR count). The van der Waals surface area contributed by atoms with Crippen LogP contribution in [0.5, 0.6) is 0 Å². The van der Waals surface area contributed by atoms with Crippen molar-refractivity contribution in [3.05, 3.63) is 29.3 Å². The number of aldehydes is 1. The highest BCUT2D eigenvalue weighted by Crippen LogP contribution is 2.37. The van der Waals surface area contributed by atoms with Gasteiger partial charge in [-0.2, -0.15) is 13.2 Å². The second-order valence-corrected chi connectivity index (χ2v) is 4.27. The molecule has 0 amide bonds. The number of hydrogen-bond donors (Lipinski definition) is 0. The SMILES string of the molecule is CCN(c1ccc(C=O)cc1C(F)(F)F)C(C)C. The molecular formula is C13H16F3NO. The Bertz CT molecular complexity index is 427. The molecule has 0 unspecified atom stereocenters. The van der Waals surface area contributed by atoms with Gasteiger partial charge in [-0.3, -0.25) is 4.79 Å². The Hall–Kier alpha value is -1.52. The van der Waals surface area contributed by atoms with Crippen molar-refractivity contribution in [3.63, 3.8) is 0 Å². The molecule has 0 saturated carbocycles. The van der Waals surface area contributed by atoms with Crippen molar-refractivity contribution < 1.29 is 18.0 Å². The van der Waals surface area contributed by atoms with Gasteiger partial charge in [-0.25, -0.2) is 0 Å². The Kier molecular flexibility index (Phi) is 4.38. The predicted octanol–water partition coefficient (Wildman–Crippen LogP) is 3.75. The van der Waals surface area contributed by atoms with Gasteiger partial charge in [0.05, 0.1) is 5.56 Å². The van der Waals surface area contributed by atoms with Crippen molar-refractivity contribution in [3.8, 4) is 0 Å². The zero-order chi connectivity index (χ0) is 13.9. The van der Waals surface area contributed by atoms with E-state index in [1.165, 1.54) is 12.1 Å². The average Bonchev–Trinajstić information content (AvgIpc) is 2.28. The van der Waals surface area contributed by atoms with Crippen molar-refractivity contribution >= 4 is 12.0 Å². The molecule has 0 aromatic heterocycles. The molecule has 0 spiro atoms. The third-order valence-corrected chi connectivity index (χ3v) is 2.74. The smallest absolute Gasteiger partial charge is 0.369 e. The molecule has 0 heterocycles. The molecule has 0 saturated heterocycles. The number of hydrogen-bond acceptors (Lipinski definition) is 2. The molecule has 0 aliphatic rings. The Morgan fingerprint density at radius 3 is 2.33 bits per heavy atom. The van der Waals surface area contributed by atoms with Gasteiger partial charge in [0.25, 0.3) is 0 Å². The normalized spacial score (nSPS) is 11.7. The van der Waals surface area contributed by atoms with E-state index < -0.39 is 11.7 Å². The zero-order valence-corrected chi connectivity index (χ0v) is 10.6. The summed E-state index contributed by atoms with van der Waals surface area (Å²) in [5, 5.41) is 0. The number of carbonyl (C=O) groups excluding carboxylic acids is 1. The number of alkyl halides is 3. The van der Waals surface area contributed by atoms with Crippen LogP contribution in [-0.2, 0) is 6.18 Å². The maximum absolute atomic E-state index is 13.0. The molecule has 1 aromatic carbocycles. The summed E-state index contributed by atoms with van der Waals surface area (Å²) >= 11 is 0. The highest BCUT2D eigenvalue weighted by Gasteiger charge is 2.35. The molecule has 1 aromatic rings. The summed E-state index contributed by atoms with van der Waals surface area (Å²) in [5.41, 5.74) is -0.612. The van der Waals surface area contributed by atoms with E-state index in [9.17, 15) is 18.0 Å².